The first-order valence-electron chi connectivity index (χ1n) is 4.78. The highest BCUT2D eigenvalue weighted by Crippen LogP contribution is 2.17. The zero-order chi connectivity index (χ0) is 12.4. The number of anilines is 4. The maximum atomic E-state index is 11.7. The summed E-state index contributed by atoms with van der Waals surface area (Å²) in [6.07, 6.45) is 0. The highest BCUT2D eigenvalue weighted by molar-refractivity contribution is 7.07. The lowest BCUT2D eigenvalue weighted by atomic mass is 10.3. The van der Waals surface area contributed by atoms with E-state index in [2.05, 4.69) is 10.3 Å². The Kier molecular flexibility index (Phi) is 2.88. The van der Waals surface area contributed by atoms with Crippen molar-refractivity contribution >= 4 is 34.6 Å². The summed E-state index contributed by atoms with van der Waals surface area (Å²) in [5.74, 6) is -0.0876. The van der Waals surface area contributed by atoms with Gasteiger partial charge in [-0.05, 0) is 22.4 Å². The summed E-state index contributed by atoms with van der Waals surface area (Å²) < 4.78 is 0.448. The molecule has 17 heavy (non-hydrogen) atoms. The molecule has 90 valence electrons. The standard InChI is InChI=1S/C9H12N6OS/c10-6-8(12)15(16)9(7(11)14-6)13-3-5-1-2-17-4-5/h1-2,4,13H,3,12H2,(H4,10,11,14). The van der Waals surface area contributed by atoms with Gasteiger partial charge in [0.15, 0.2) is 11.6 Å². The summed E-state index contributed by atoms with van der Waals surface area (Å²) in [4.78, 5) is 3.78. The van der Waals surface area contributed by atoms with Gasteiger partial charge in [-0.25, -0.2) is 9.71 Å². The van der Waals surface area contributed by atoms with Gasteiger partial charge in [-0.2, -0.15) is 11.3 Å². The van der Waals surface area contributed by atoms with Crippen molar-refractivity contribution in [1.29, 1.82) is 0 Å². The highest BCUT2D eigenvalue weighted by Gasteiger charge is 2.14. The second-order valence-corrected chi connectivity index (χ2v) is 4.18. The molecule has 2 aromatic rings. The van der Waals surface area contributed by atoms with E-state index < -0.39 is 0 Å². The second-order valence-electron chi connectivity index (χ2n) is 3.40. The minimum Gasteiger partial charge on any atom is -0.740 e. The molecular weight excluding hydrogens is 240 g/mol. The molecule has 2 aromatic heterocycles. The molecule has 0 atom stereocenters. The van der Waals surface area contributed by atoms with Crippen molar-refractivity contribution in [1.82, 2.24) is 4.98 Å². The van der Waals surface area contributed by atoms with Crippen LogP contribution in [0.1, 0.15) is 5.56 Å². The quantitative estimate of drug-likeness (QED) is 0.454. The molecule has 0 saturated carbocycles. The van der Waals surface area contributed by atoms with Gasteiger partial charge in [0, 0.05) is 0 Å². The summed E-state index contributed by atoms with van der Waals surface area (Å²) in [5, 5.41) is 18.5. The lowest BCUT2D eigenvalue weighted by molar-refractivity contribution is -0.573. The van der Waals surface area contributed by atoms with Crippen molar-refractivity contribution in [2.45, 2.75) is 6.54 Å². The van der Waals surface area contributed by atoms with Crippen molar-refractivity contribution in [3.05, 3.63) is 27.6 Å². The predicted molar refractivity (Wildman–Crippen MR) is 68.1 cm³/mol. The number of nitrogens with one attached hydrogen (secondary N) is 1. The summed E-state index contributed by atoms with van der Waals surface area (Å²) in [5.41, 5.74) is 17.5. The normalized spacial score (nSPS) is 10.4. The molecule has 0 aromatic carbocycles. The Morgan fingerprint density at radius 1 is 1.35 bits per heavy atom. The number of nitrogens with zero attached hydrogens (tertiary/aromatic N) is 2. The van der Waals surface area contributed by atoms with Crippen LogP contribution in [-0.4, -0.2) is 4.98 Å². The van der Waals surface area contributed by atoms with Gasteiger partial charge in [-0.1, -0.05) is 0 Å². The molecule has 0 bridgehead atoms. The molecular formula is C9H12N6OS. The summed E-state index contributed by atoms with van der Waals surface area (Å²) >= 11 is 1.57. The van der Waals surface area contributed by atoms with Gasteiger partial charge in [0.2, 0.25) is 0 Å². The number of thiophene rings is 1. The molecule has 8 heteroatoms. The molecule has 0 saturated heterocycles. The van der Waals surface area contributed by atoms with Gasteiger partial charge in [-0.15, -0.1) is 0 Å². The second kappa shape index (κ2) is 4.34. The molecule has 0 aliphatic rings. The Balaban J connectivity index is 2.24. The van der Waals surface area contributed by atoms with E-state index in [-0.39, 0.29) is 23.3 Å². The van der Waals surface area contributed by atoms with Gasteiger partial charge in [0.25, 0.3) is 11.6 Å². The third kappa shape index (κ3) is 2.16. The molecule has 2 rings (SSSR count). The SMILES string of the molecule is Nc1nc(N)c(NCc2ccsc2)[n+]([O-])c1N. The first-order chi connectivity index (χ1) is 8.09. The third-order valence-corrected chi connectivity index (χ3v) is 2.94. The lowest BCUT2D eigenvalue weighted by Crippen LogP contribution is -2.37. The molecule has 2 heterocycles. The molecule has 0 amide bonds. The maximum Gasteiger partial charge on any atom is 0.265 e. The molecule has 0 fully saturated rings. The predicted octanol–water partition coefficient (Wildman–Crippen LogP) is 0.135. The Hall–Kier alpha value is -2.22. The highest BCUT2D eigenvalue weighted by atomic mass is 32.1. The van der Waals surface area contributed by atoms with E-state index in [1.807, 2.05) is 16.8 Å². The molecule has 0 radical (unpaired) electrons. The molecule has 0 unspecified atom stereocenters. The number of hydrogen-bond donors (Lipinski definition) is 4. The van der Waals surface area contributed by atoms with E-state index in [1.165, 1.54) is 0 Å². The minimum absolute atomic E-state index is 0.0296. The number of nitrogen functional groups attached to an aromatic ring is 3. The third-order valence-electron chi connectivity index (χ3n) is 2.21. The Morgan fingerprint density at radius 3 is 2.76 bits per heavy atom. The maximum absolute atomic E-state index is 11.7. The lowest BCUT2D eigenvalue weighted by Gasteiger charge is -2.15. The largest absolute Gasteiger partial charge is 0.740 e. The Morgan fingerprint density at radius 2 is 2.12 bits per heavy atom. The number of hydrogen-bond acceptors (Lipinski definition) is 7. The van der Waals surface area contributed by atoms with Gasteiger partial charge < -0.3 is 22.4 Å². The van der Waals surface area contributed by atoms with Crippen molar-refractivity contribution in [2.24, 2.45) is 0 Å². The molecule has 0 aliphatic carbocycles. The molecule has 7 nitrogen and oxygen atoms in total. The van der Waals surface area contributed by atoms with Crippen LogP contribution in [0.4, 0.5) is 23.3 Å². The van der Waals surface area contributed by atoms with Gasteiger partial charge in [0.1, 0.15) is 0 Å². The fraction of sp³-hybridized carbons (Fsp3) is 0.111. The molecule has 7 N–H and O–H groups in total. The van der Waals surface area contributed by atoms with Crippen LogP contribution in [0.3, 0.4) is 0 Å². The van der Waals surface area contributed by atoms with Crippen LogP contribution in [0.5, 0.6) is 0 Å². The fourth-order valence-corrected chi connectivity index (χ4v) is 1.98. The molecule has 0 aliphatic heterocycles. The van der Waals surface area contributed by atoms with E-state index in [4.69, 9.17) is 17.2 Å². The van der Waals surface area contributed by atoms with Crippen LogP contribution in [0.15, 0.2) is 16.8 Å². The average molecular weight is 252 g/mol. The Labute approximate surface area is 101 Å². The number of aromatic nitrogens is 2. The van der Waals surface area contributed by atoms with Crippen LogP contribution in [0.2, 0.25) is 0 Å². The number of rotatable bonds is 3. The van der Waals surface area contributed by atoms with E-state index in [9.17, 15) is 5.21 Å². The summed E-state index contributed by atoms with van der Waals surface area (Å²) in [7, 11) is 0. The zero-order valence-electron chi connectivity index (χ0n) is 8.88. The smallest absolute Gasteiger partial charge is 0.265 e. The topological polar surface area (TPSA) is 130 Å². The van der Waals surface area contributed by atoms with Crippen molar-refractivity contribution in [2.75, 3.05) is 22.5 Å². The van der Waals surface area contributed by atoms with Crippen LogP contribution >= 0.6 is 11.3 Å². The van der Waals surface area contributed by atoms with Crippen molar-refractivity contribution < 1.29 is 4.73 Å². The van der Waals surface area contributed by atoms with Crippen LogP contribution in [0.25, 0.3) is 0 Å². The molecule has 0 spiro atoms. The van der Waals surface area contributed by atoms with Gasteiger partial charge >= 0.3 is 0 Å². The Bertz CT molecular complexity index is 527. The van der Waals surface area contributed by atoms with Crippen LogP contribution in [-0.2, 0) is 6.54 Å². The van der Waals surface area contributed by atoms with Gasteiger partial charge in [0.05, 0.1) is 6.54 Å². The van der Waals surface area contributed by atoms with Gasteiger partial charge in [-0.3, -0.25) is 5.32 Å². The van der Waals surface area contributed by atoms with Crippen molar-refractivity contribution in [3.8, 4) is 0 Å². The fourth-order valence-electron chi connectivity index (χ4n) is 1.31. The van der Waals surface area contributed by atoms with E-state index in [1.54, 1.807) is 11.3 Å². The van der Waals surface area contributed by atoms with E-state index in [0.29, 0.717) is 11.3 Å². The summed E-state index contributed by atoms with van der Waals surface area (Å²) in [6.45, 7) is 0.473. The summed E-state index contributed by atoms with van der Waals surface area (Å²) in [6, 6.07) is 1.94. The monoisotopic (exact) mass is 252 g/mol. The van der Waals surface area contributed by atoms with Crippen LogP contribution < -0.4 is 27.2 Å². The van der Waals surface area contributed by atoms with E-state index >= 15 is 0 Å². The van der Waals surface area contributed by atoms with Crippen molar-refractivity contribution in [3.63, 3.8) is 0 Å². The first kappa shape index (κ1) is 11.3. The zero-order valence-corrected chi connectivity index (χ0v) is 9.70. The average Bonchev–Trinajstić information content (AvgIpc) is 2.79. The van der Waals surface area contributed by atoms with Crippen LogP contribution in [0, 0.1) is 5.21 Å². The van der Waals surface area contributed by atoms with E-state index in [0.717, 1.165) is 5.56 Å². The first-order valence-corrected chi connectivity index (χ1v) is 5.73. The minimum atomic E-state index is -0.160. The number of nitrogens with two attached hydrogens (primary N) is 3.